The van der Waals surface area contributed by atoms with Gasteiger partial charge in [-0.1, -0.05) is 0 Å². The zero-order valence-electron chi connectivity index (χ0n) is 5.33. The zero-order chi connectivity index (χ0) is 7.56. The van der Waals surface area contributed by atoms with Crippen LogP contribution in [0.1, 0.15) is 5.76 Å². The number of aryl methyl sites for hydroxylation is 1. The second-order valence-corrected chi connectivity index (χ2v) is 1.76. The van der Waals surface area contributed by atoms with Crippen LogP contribution in [0.15, 0.2) is 16.7 Å². The van der Waals surface area contributed by atoms with E-state index < -0.39 is 6.16 Å². The van der Waals surface area contributed by atoms with Gasteiger partial charge in [-0.2, -0.15) is 0 Å². The normalized spacial score (nSPS) is 9.30. The highest BCUT2D eigenvalue weighted by Crippen LogP contribution is 2.14. The molecule has 1 heterocycles. The fourth-order valence-corrected chi connectivity index (χ4v) is 0.574. The Morgan fingerprint density at radius 1 is 1.80 bits per heavy atom. The van der Waals surface area contributed by atoms with Crippen LogP contribution in [-0.4, -0.2) is 11.3 Å². The molecule has 0 amide bonds. The molecule has 0 aromatic carbocycles. The van der Waals surface area contributed by atoms with Crippen LogP contribution in [-0.2, 0) is 0 Å². The van der Waals surface area contributed by atoms with Crippen molar-refractivity contribution >= 4 is 6.16 Å². The van der Waals surface area contributed by atoms with E-state index in [2.05, 4.69) is 4.74 Å². The lowest BCUT2D eigenvalue weighted by Crippen LogP contribution is -2.01. The Kier molecular flexibility index (Phi) is 1.62. The van der Waals surface area contributed by atoms with Gasteiger partial charge in [0.15, 0.2) is 5.75 Å². The molecule has 0 bridgehead atoms. The van der Waals surface area contributed by atoms with Crippen LogP contribution in [0.3, 0.4) is 0 Å². The van der Waals surface area contributed by atoms with Crippen molar-refractivity contribution in [1.29, 1.82) is 0 Å². The van der Waals surface area contributed by atoms with Crippen LogP contribution < -0.4 is 4.74 Å². The highest BCUT2D eigenvalue weighted by Gasteiger charge is 2.02. The molecule has 0 aliphatic carbocycles. The van der Waals surface area contributed by atoms with Gasteiger partial charge in [-0.15, -0.1) is 0 Å². The van der Waals surface area contributed by atoms with Crippen molar-refractivity contribution in [2.75, 3.05) is 0 Å². The van der Waals surface area contributed by atoms with E-state index in [1.165, 1.54) is 12.3 Å². The molecule has 54 valence electrons. The molecular formula is C6H6O4. The van der Waals surface area contributed by atoms with Gasteiger partial charge in [0.2, 0.25) is 0 Å². The Bertz CT molecular complexity index is 238. The molecule has 0 unspecified atom stereocenters. The third-order valence-electron chi connectivity index (χ3n) is 0.912. The third-order valence-corrected chi connectivity index (χ3v) is 0.912. The molecule has 1 aromatic heterocycles. The smallest absolute Gasteiger partial charge is 0.466 e. The van der Waals surface area contributed by atoms with Crippen LogP contribution in [0.2, 0.25) is 0 Å². The fourth-order valence-electron chi connectivity index (χ4n) is 0.574. The topological polar surface area (TPSA) is 59.7 Å². The maximum absolute atomic E-state index is 9.91. The van der Waals surface area contributed by atoms with Gasteiger partial charge in [0.1, 0.15) is 12.0 Å². The minimum absolute atomic E-state index is 0.213. The monoisotopic (exact) mass is 142 g/mol. The number of rotatable bonds is 1. The first kappa shape index (κ1) is 6.67. The highest BCUT2D eigenvalue weighted by molar-refractivity contribution is 5.60. The van der Waals surface area contributed by atoms with Crippen LogP contribution in [0.5, 0.6) is 5.75 Å². The van der Waals surface area contributed by atoms with Gasteiger partial charge in [0.05, 0.1) is 0 Å². The minimum atomic E-state index is -1.33. The number of furan rings is 1. The van der Waals surface area contributed by atoms with Crippen molar-refractivity contribution in [2.24, 2.45) is 0 Å². The Hall–Kier alpha value is -1.45. The van der Waals surface area contributed by atoms with E-state index >= 15 is 0 Å². The summed E-state index contributed by atoms with van der Waals surface area (Å²) in [6.45, 7) is 1.70. The molecule has 0 aliphatic rings. The molecule has 1 N–H and O–H groups in total. The van der Waals surface area contributed by atoms with E-state index in [4.69, 9.17) is 9.52 Å². The first-order valence-electron chi connectivity index (χ1n) is 2.64. The number of carbonyl (C=O) groups is 1. The summed E-state index contributed by atoms with van der Waals surface area (Å²) in [6.07, 6.45) is -0.0931. The summed E-state index contributed by atoms with van der Waals surface area (Å²) in [5, 5.41) is 8.11. The second-order valence-electron chi connectivity index (χ2n) is 1.76. The van der Waals surface area contributed by atoms with E-state index in [9.17, 15) is 4.79 Å². The van der Waals surface area contributed by atoms with Crippen molar-refractivity contribution < 1.29 is 19.1 Å². The molecule has 0 radical (unpaired) electrons. The first-order chi connectivity index (χ1) is 4.68. The first-order valence-corrected chi connectivity index (χ1v) is 2.64. The quantitative estimate of drug-likeness (QED) is 0.605. The van der Waals surface area contributed by atoms with Gasteiger partial charge in [0.25, 0.3) is 0 Å². The van der Waals surface area contributed by atoms with Gasteiger partial charge in [-0.25, -0.2) is 4.79 Å². The van der Waals surface area contributed by atoms with Crippen molar-refractivity contribution in [2.45, 2.75) is 6.92 Å². The third kappa shape index (κ3) is 1.51. The summed E-state index contributed by atoms with van der Waals surface area (Å²) < 4.78 is 9.03. The molecule has 0 fully saturated rings. The number of hydrogen-bond acceptors (Lipinski definition) is 3. The molecular weight excluding hydrogens is 136 g/mol. The maximum Gasteiger partial charge on any atom is 0.511 e. The molecule has 0 spiro atoms. The SMILES string of the molecule is Cc1cc(OC(=O)O)co1. The predicted molar refractivity (Wildman–Crippen MR) is 32.1 cm³/mol. The van der Waals surface area contributed by atoms with Crippen LogP contribution >= 0.6 is 0 Å². The van der Waals surface area contributed by atoms with Crippen molar-refractivity contribution in [1.82, 2.24) is 0 Å². The van der Waals surface area contributed by atoms with Gasteiger partial charge in [-0.3, -0.25) is 0 Å². The lowest BCUT2D eigenvalue weighted by Gasteiger charge is -1.89. The molecule has 4 nitrogen and oxygen atoms in total. The van der Waals surface area contributed by atoms with E-state index in [-0.39, 0.29) is 5.75 Å². The van der Waals surface area contributed by atoms with Crippen LogP contribution in [0.4, 0.5) is 4.79 Å². The molecule has 1 rings (SSSR count). The average molecular weight is 142 g/mol. The Morgan fingerprint density at radius 2 is 2.50 bits per heavy atom. The lowest BCUT2D eigenvalue weighted by atomic mass is 10.5. The van der Waals surface area contributed by atoms with Crippen molar-refractivity contribution in [3.8, 4) is 5.75 Å². The number of carboxylic acid groups (broad SMARTS) is 1. The molecule has 4 heteroatoms. The number of ether oxygens (including phenoxy) is 1. The summed E-state index contributed by atoms with van der Waals surface area (Å²) in [5.74, 6) is 0.834. The molecule has 0 saturated carbocycles. The van der Waals surface area contributed by atoms with Crippen molar-refractivity contribution in [3.05, 3.63) is 18.1 Å². The Morgan fingerprint density at radius 3 is 2.90 bits per heavy atom. The van der Waals surface area contributed by atoms with Gasteiger partial charge < -0.3 is 14.3 Å². The van der Waals surface area contributed by atoms with E-state index in [1.807, 2.05) is 0 Å². The largest absolute Gasteiger partial charge is 0.511 e. The summed E-state index contributed by atoms with van der Waals surface area (Å²) >= 11 is 0. The van der Waals surface area contributed by atoms with E-state index in [0.29, 0.717) is 5.76 Å². The standard InChI is InChI=1S/C6H6O4/c1-4-2-5(3-9-4)10-6(7)8/h2-3H,1H3,(H,7,8). The summed E-state index contributed by atoms with van der Waals surface area (Å²) in [5.41, 5.74) is 0. The maximum atomic E-state index is 9.91. The summed E-state index contributed by atoms with van der Waals surface area (Å²) in [7, 11) is 0. The van der Waals surface area contributed by atoms with E-state index in [0.717, 1.165) is 0 Å². The van der Waals surface area contributed by atoms with Crippen LogP contribution in [0.25, 0.3) is 0 Å². The average Bonchev–Trinajstić information content (AvgIpc) is 2.13. The zero-order valence-corrected chi connectivity index (χ0v) is 5.33. The molecule has 0 aliphatic heterocycles. The van der Waals surface area contributed by atoms with E-state index in [1.54, 1.807) is 6.92 Å². The van der Waals surface area contributed by atoms with Gasteiger partial charge in [0, 0.05) is 6.07 Å². The summed E-state index contributed by atoms with van der Waals surface area (Å²) in [4.78, 5) is 9.91. The fraction of sp³-hybridized carbons (Fsp3) is 0.167. The predicted octanol–water partition coefficient (Wildman–Crippen LogP) is 1.64. The minimum Gasteiger partial charge on any atom is -0.466 e. The van der Waals surface area contributed by atoms with Crippen LogP contribution in [0, 0.1) is 6.92 Å². The lowest BCUT2D eigenvalue weighted by molar-refractivity contribution is 0.144. The second kappa shape index (κ2) is 2.43. The highest BCUT2D eigenvalue weighted by atomic mass is 16.7. The summed E-state index contributed by atoms with van der Waals surface area (Å²) in [6, 6.07) is 1.49. The molecule has 0 atom stereocenters. The number of hydrogen-bond donors (Lipinski definition) is 1. The molecule has 10 heavy (non-hydrogen) atoms. The Balaban J connectivity index is 2.67. The van der Waals surface area contributed by atoms with Gasteiger partial charge in [-0.05, 0) is 6.92 Å². The molecule has 1 aromatic rings. The molecule has 0 saturated heterocycles. The Labute approximate surface area is 57.0 Å². The van der Waals surface area contributed by atoms with Gasteiger partial charge >= 0.3 is 6.16 Å². The van der Waals surface area contributed by atoms with Crippen molar-refractivity contribution in [3.63, 3.8) is 0 Å².